The zero-order valence-electron chi connectivity index (χ0n) is 11.4. The lowest BCUT2D eigenvalue weighted by Crippen LogP contribution is -2.38. The maximum atomic E-state index is 12.4. The number of nitrogens with zero attached hydrogens (tertiary/aromatic N) is 2. The van der Waals surface area contributed by atoms with E-state index in [9.17, 15) is 4.79 Å². The SMILES string of the molecule is CC1OC(C)C(C(=O)N(C)Cc2ncc[nH]2)C1C. The number of H-pyrrole nitrogens is 1. The van der Waals surface area contributed by atoms with E-state index in [0.717, 1.165) is 5.82 Å². The molecule has 100 valence electrons. The van der Waals surface area contributed by atoms with Gasteiger partial charge in [-0.15, -0.1) is 0 Å². The molecule has 0 aliphatic carbocycles. The van der Waals surface area contributed by atoms with Crippen molar-refractivity contribution in [3.8, 4) is 0 Å². The lowest BCUT2D eigenvalue weighted by molar-refractivity contribution is -0.137. The minimum Gasteiger partial charge on any atom is -0.374 e. The number of ether oxygens (including phenoxy) is 1. The van der Waals surface area contributed by atoms with Crippen LogP contribution in [0.3, 0.4) is 0 Å². The Bertz CT molecular complexity index is 404. The predicted octanol–water partition coefficient (Wildman–Crippen LogP) is 1.43. The van der Waals surface area contributed by atoms with Crippen LogP contribution in [0.4, 0.5) is 0 Å². The first-order chi connectivity index (χ1) is 8.50. The molecule has 1 saturated heterocycles. The van der Waals surface area contributed by atoms with Gasteiger partial charge in [-0.05, 0) is 19.8 Å². The van der Waals surface area contributed by atoms with Gasteiger partial charge >= 0.3 is 0 Å². The van der Waals surface area contributed by atoms with Crippen molar-refractivity contribution < 1.29 is 9.53 Å². The fourth-order valence-corrected chi connectivity index (χ4v) is 2.63. The van der Waals surface area contributed by atoms with Gasteiger partial charge in [0, 0.05) is 19.4 Å². The van der Waals surface area contributed by atoms with Crippen LogP contribution in [0.15, 0.2) is 12.4 Å². The van der Waals surface area contributed by atoms with Crippen LogP contribution in [-0.4, -0.2) is 40.0 Å². The van der Waals surface area contributed by atoms with Crippen LogP contribution in [-0.2, 0) is 16.1 Å². The molecule has 5 nitrogen and oxygen atoms in total. The molecule has 1 aliphatic heterocycles. The van der Waals surface area contributed by atoms with Gasteiger partial charge in [-0.3, -0.25) is 4.79 Å². The summed E-state index contributed by atoms with van der Waals surface area (Å²) in [5.41, 5.74) is 0. The van der Waals surface area contributed by atoms with Gasteiger partial charge in [0.05, 0.1) is 24.7 Å². The molecule has 1 amide bonds. The second kappa shape index (κ2) is 5.10. The summed E-state index contributed by atoms with van der Waals surface area (Å²) in [5, 5.41) is 0. The first kappa shape index (κ1) is 13.1. The minimum absolute atomic E-state index is 0.0125. The maximum Gasteiger partial charge on any atom is 0.228 e. The molecule has 0 bridgehead atoms. The highest BCUT2D eigenvalue weighted by Crippen LogP contribution is 2.33. The third kappa shape index (κ3) is 2.41. The van der Waals surface area contributed by atoms with E-state index in [-0.39, 0.29) is 30.0 Å². The van der Waals surface area contributed by atoms with Crippen LogP contribution in [0.5, 0.6) is 0 Å². The van der Waals surface area contributed by atoms with Crippen LogP contribution in [0.2, 0.25) is 0 Å². The lowest BCUT2D eigenvalue weighted by atomic mass is 9.88. The van der Waals surface area contributed by atoms with E-state index < -0.39 is 0 Å². The molecule has 0 saturated carbocycles. The summed E-state index contributed by atoms with van der Waals surface area (Å²) < 4.78 is 5.72. The Hall–Kier alpha value is -1.36. The van der Waals surface area contributed by atoms with Gasteiger partial charge < -0.3 is 14.6 Å². The molecule has 5 heteroatoms. The molecule has 0 spiro atoms. The van der Waals surface area contributed by atoms with Gasteiger partial charge in [0.15, 0.2) is 0 Å². The number of aromatic amines is 1. The maximum absolute atomic E-state index is 12.4. The molecule has 2 heterocycles. The number of carbonyl (C=O) groups is 1. The highest BCUT2D eigenvalue weighted by Gasteiger charge is 2.42. The van der Waals surface area contributed by atoms with Crippen LogP contribution < -0.4 is 0 Å². The summed E-state index contributed by atoms with van der Waals surface area (Å²) in [6.45, 7) is 6.60. The van der Waals surface area contributed by atoms with Crippen LogP contribution >= 0.6 is 0 Å². The standard InChI is InChI=1S/C13H21N3O2/c1-8-9(2)18-10(3)12(8)13(17)16(4)7-11-14-5-6-15-11/h5-6,8-10,12H,7H2,1-4H3,(H,14,15). The van der Waals surface area contributed by atoms with Gasteiger partial charge in [-0.2, -0.15) is 0 Å². The third-order valence-corrected chi connectivity index (χ3v) is 3.85. The second-order valence-corrected chi connectivity index (χ2v) is 5.16. The number of hydrogen-bond donors (Lipinski definition) is 1. The average molecular weight is 251 g/mol. The first-order valence-corrected chi connectivity index (χ1v) is 6.39. The number of nitrogens with one attached hydrogen (secondary N) is 1. The van der Waals surface area contributed by atoms with E-state index >= 15 is 0 Å². The van der Waals surface area contributed by atoms with Crippen molar-refractivity contribution in [1.82, 2.24) is 14.9 Å². The first-order valence-electron chi connectivity index (χ1n) is 6.39. The zero-order chi connectivity index (χ0) is 13.3. The summed E-state index contributed by atoms with van der Waals surface area (Å²) in [6.07, 6.45) is 3.59. The van der Waals surface area contributed by atoms with Crippen molar-refractivity contribution >= 4 is 5.91 Å². The molecule has 1 N–H and O–H groups in total. The van der Waals surface area contributed by atoms with Crippen LogP contribution in [0.1, 0.15) is 26.6 Å². The van der Waals surface area contributed by atoms with Crippen molar-refractivity contribution in [2.24, 2.45) is 11.8 Å². The number of carbonyl (C=O) groups excluding carboxylic acids is 1. The number of amides is 1. The van der Waals surface area contributed by atoms with E-state index in [1.807, 2.05) is 20.9 Å². The summed E-state index contributed by atoms with van der Waals surface area (Å²) in [5.74, 6) is 1.14. The van der Waals surface area contributed by atoms with Crippen molar-refractivity contribution in [3.05, 3.63) is 18.2 Å². The van der Waals surface area contributed by atoms with E-state index in [2.05, 4.69) is 16.9 Å². The quantitative estimate of drug-likeness (QED) is 0.884. The highest BCUT2D eigenvalue weighted by molar-refractivity contribution is 5.79. The largest absolute Gasteiger partial charge is 0.374 e. The molecular formula is C13H21N3O2. The van der Waals surface area contributed by atoms with Crippen molar-refractivity contribution in [2.45, 2.75) is 39.5 Å². The van der Waals surface area contributed by atoms with Gasteiger partial charge in [0.2, 0.25) is 5.91 Å². The predicted molar refractivity (Wildman–Crippen MR) is 67.7 cm³/mol. The molecule has 18 heavy (non-hydrogen) atoms. The number of aromatic nitrogens is 2. The van der Waals surface area contributed by atoms with Gasteiger partial charge in [0.25, 0.3) is 0 Å². The second-order valence-electron chi connectivity index (χ2n) is 5.16. The lowest BCUT2D eigenvalue weighted by Gasteiger charge is -2.24. The topological polar surface area (TPSA) is 58.2 Å². The molecule has 4 unspecified atom stereocenters. The fourth-order valence-electron chi connectivity index (χ4n) is 2.63. The van der Waals surface area contributed by atoms with Crippen molar-refractivity contribution in [2.75, 3.05) is 7.05 Å². The van der Waals surface area contributed by atoms with Gasteiger partial charge in [-0.1, -0.05) is 6.92 Å². The molecule has 1 aromatic rings. The van der Waals surface area contributed by atoms with Crippen molar-refractivity contribution in [3.63, 3.8) is 0 Å². The Labute approximate surface area is 108 Å². The summed E-state index contributed by atoms with van der Waals surface area (Å²) >= 11 is 0. The molecule has 1 fully saturated rings. The molecule has 2 rings (SSSR count). The molecule has 1 aliphatic rings. The normalized spacial score (nSPS) is 31.6. The summed E-state index contributed by atoms with van der Waals surface area (Å²) in [6, 6.07) is 0. The average Bonchev–Trinajstić information content (AvgIpc) is 2.88. The minimum atomic E-state index is -0.0556. The smallest absolute Gasteiger partial charge is 0.228 e. The molecule has 4 atom stereocenters. The van der Waals surface area contributed by atoms with Crippen LogP contribution in [0, 0.1) is 11.8 Å². The van der Waals surface area contributed by atoms with Crippen LogP contribution in [0.25, 0.3) is 0 Å². The van der Waals surface area contributed by atoms with Crippen molar-refractivity contribution in [1.29, 1.82) is 0 Å². The third-order valence-electron chi connectivity index (χ3n) is 3.85. The molecule has 0 aromatic carbocycles. The zero-order valence-corrected chi connectivity index (χ0v) is 11.4. The Morgan fingerprint density at radius 1 is 1.44 bits per heavy atom. The number of imidazole rings is 1. The Morgan fingerprint density at radius 3 is 2.67 bits per heavy atom. The van der Waals surface area contributed by atoms with Gasteiger partial charge in [0.1, 0.15) is 5.82 Å². The summed E-state index contributed by atoms with van der Waals surface area (Å²) in [4.78, 5) is 21.3. The van der Waals surface area contributed by atoms with E-state index in [1.165, 1.54) is 0 Å². The Morgan fingerprint density at radius 2 is 2.17 bits per heavy atom. The Kier molecular flexibility index (Phi) is 3.71. The molecule has 1 aromatic heterocycles. The highest BCUT2D eigenvalue weighted by atomic mass is 16.5. The van der Waals surface area contributed by atoms with E-state index in [0.29, 0.717) is 6.54 Å². The number of hydrogen-bond acceptors (Lipinski definition) is 3. The van der Waals surface area contributed by atoms with E-state index in [4.69, 9.17) is 4.74 Å². The monoisotopic (exact) mass is 251 g/mol. The number of rotatable bonds is 3. The fraction of sp³-hybridized carbons (Fsp3) is 0.692. The van der Waals surface area contributed by atoms with E-state index in [1.54, 1.807) is 17.3 Å². The van der Waals surface area contributed by atoms with Gasteiger partial charge in [-0.25, -0.2) is 4.98 Å². The summed E-state index contributed by atoms with van der Waals surface area (Å²) in [7, 11) is 1.81. The molecule has 0 radical (unpaired) electrons. The molecular weight excluding hydrogens is 230 g/mol. The Balaban J connectivity index is 2.02.